The smallest absolute Gasteiger partial charge is 0.0541 e. The van der Waals surface area contributed by atoms with Crippen LogP contribution >= 0.6 is 0 Å². The lowest BCUT2D eigenvalue weighted by atomic mass is 10.0. The van der Waals surface area contributed by atoms with Gasteiger partial charge in [0.25, 0.3) is 0 Å². The Kier molecular flexibility index (Phi) is 7.85. The largest absolute Gasteiger partial charge is 0.311 e. The number of nitrogens with zero attached hydrogens (tertiary/aromatic N) is 2. The van der Waals surface area contributed by atoms with Crippen LogP contribution in [0.15, 0.2) is 218 Å². The van der Waals surface area contributed by atoms with Crippen LogP contribution in [0.2, 0.25) is 0 Å². The van der Waals surface area contributed by atoms with Crippen molar-refractivity contribution in [2.45, 2.75) is 0 Å². The first kappa shape index (κ1) is 31.6. The summed E-state index contributed by atoms with van der Waals surface area (Å²) in [5, 5.41) is 5.01. The van der Waals surface area contributed by atoms with Gasteiger partial charge in [-0.3, -0.25) is 0 Å². The van der Waals surface area contributed by atoms with E-state index in [2.05, 4.69) is 228 Å². The first-order valence-electron chi connectivity index (χ1n) is 18.5. The number of fused-ring (bicyclic) bond motifs is 4. The quantitative estimate of drug-likeness (QED) is 0.162. The summed E-state index contributed by atoms with van der Waals surface area (Å²) in [4.78, 5) is 2.32. The van der Waals surface area contributed by atoms with Gasteiger partial charge in [0, 0.05) is 33.5 Å². The molecule has 0 aliphatic rings. The lowest BCUT2D eigenvalue weighted by molar-refractivity contribution is 1.18. The van der Waals surface area contributed by atoms with Crippen LogP contribution in [0.1, 0.15) is 0 Å². The van der Waals surface area contributed by atoms with E-state index in [1.807, 2.05) is 0 Å². The van der Waals surface area contributed by atoms with Crippen LogP contribution in [0, 0.1) is 0 Å². The maximum atomic E-state index is 2.39. The average Bonchev–Trinajstić information content (AvgIpc) is 3.58. The van der Waals surface area contributed by atoms with Gasteiger partial charge in [0.2, 0.25) is 0 Å². The number of benzene rings is 9. The third kappa shape index (κ3) is 5.71. The zero-order chi connectivity index (χ0) is 35.8. The number of hydrogen-bond donors (Lipinski definition) is 0. The molecule has 10 aromatic rings. The van der Waals surface area contributed by atoms with E-state index in [-0.39, 0.29) is 0 Å². The monoisotopic (exact) mass is 688 g/mol. The predicted molar refractivity (Wildman–Crippen MR) is 229 cm³/mol. The maximum Gasteiger partial charge on any atom is 0.0541 e. The van der Waals surface area contributed by atoms with Crippen LogP contribution in [0.5, 0.6) is 0 Å². The molecule has 0 unspecified atom stereocenters. The van der Waals surface area contributed by atoms with E-state index >= 15 is 0 Å². The first-order chi connectivity index (χ1) is 26.8. The van der Waals surface area contributed by atoms with E-state index in [0.29, 0.717) is 0 Å². The van der Waals surface area contributed by atoms with Gasteiger partial charge < -0.3 is 9.47 Å². The summed E-state index contributed by atoms with van der Waals surface area (Å²) >= 11 is 0. The minimum absolute atomic E-state index is 1.11. The molecular formula is C52H36N2. The summed E-state index contributed by atoms with van der Waals surface area (Å²) < 4.78 is 2.39. The summed E-state index contributed by atoms with van der Waals surface area (Å²) in [6.07, 6.45) is 0. The fraction of sp³-hybridized carbons (Fsp3) is 0. The van der Waals surface area contributed by atoms with E-state index in [1.165, 1.54) is 66.0 Å². The van der Waals surface area contributed by atoms with E-state index in [0.717, 1.165) is 22.7 Å². The molecule has 2 nitrogen and oxygen atoms in total. The molecule has 0 radical (unpaired) electrons. The second-order valence-electron chi connectivity index (χ2n) is 13.8. The Bertz CT molecular complexity index is 2890. The molecule has 0 spiro atoms. The Morgan fingerprint density at radius 1 is 0.278 bits per heavy atom. The van der Waals surface area contributed by atoms with Crippen molar-refractivity contribution in [1.29, 1.82) is 0 Å². The zero-order valence-electron chi connectivity index (χ0n) is 29.7. The molecule has 2 heteroatoms. The molecule has 1 aromatic heterocycles. The third-order valence-electron chi connectivity index (χ3n) is 10.6. The van der Waals surface area contributed by atoms with Gasteiger partial charge in [0.15, 0.2) is 0 Å². The molecule has 0 bridgehead atoms. The van der Waals surface area contributed by atoms with E-state index < -0.39 is 0 Å². The molecular weight excluding hydrogens is 653 g/mol. The highest BCUT2D eigenvalue weighted by Gasteiger charge is 2.16. The Hall–Kier alpha value is -7.16. The second kappa shape index (κ2) is 13.4. The average molecular weight is 689 g/mol. The van der Waals surface area contributed by atoms with Crippen molar-refractivity contribution >= 4 is 49.6 Å². The van der Waals surface area contributed by atoms with E-state index in [9.17, 15) is 0 Å². The number of anilines is 3. The molecule has 0 aliphatic carbocycles. The predicted octanol–water partition coefficient (Wildman–Crippen LogP) is 14.4. The van der Waals surface area contributed by atoms with E-state index in [1.54, 1.807) is 0 Å². The summed E-state index contributed by atoms with van der Waals surface area (Å²) in [7, 11) is 0. The fourth-order valence-electron chi connectivity index (χ4n) is 7.86. The summed E-state index contributed by atoms with van der Waals surface area (Å²) in [5.74, 6) is 0. The Morgan fingerprint density at radius 3 is 1.44 bits per heavy atom. The van der Waals surface area contributed by atoms with Crippen LogP contribution in [-0.4, -0.2) is 4.57 Å². The molecule has 10 rings (SSSR count). The van der Waals surface area contributed by atoms with E-state index in [4.69, 9.17) is 0 Å². The van der Waals surface area contributed by atoms with Gasteiger partial charge >= 0.3 is 0 Å². The molecule has 0 saturated heterocycles. The summed E-state index contributed by atoms with van der Waals surface area (Å²) in [5.41, 5.74) is 14.2. The van der Waals surface area contributed by atoms with Gasteiger partial charge in [-0.15, -0.1) is 0 Å². The molecule has 54 heavy (non-hydrogen) atoms. The van der Waals surface area contributed by atoms with Crippen LogP contribution < -0.4 is 4.90 Å². The summed E-state index contributed by atoms with van der Waals surface area (Å²) in [6.45, 7) is 0. The molecule has 0 atom stereocenters. The van der Waals surface area contributed by atoms with Gasteiger partial charge in [-0.1, -0.05) is 146 Å². The van der Waals surface area contributed by atoms with Crippen molar-refractivity contribution < 1.29 is 0 Å². The molecule has 1 heterocycles. The van der Waals surface area contributed by atoms with Crippen molar-refractivity contribution in [1.82, 2.24) is 4.57 Å². The van der Waals surface area contributed by atoms with Gasteiger partial charge in [-0.25, -0.2) is 0 Å². The van der Waals surface area contributed by atoms with Gasteiger partial charge in [0.05, 0.1) is 11.0 Å². The highest BCUT2D eigenvalue weighted by Crippen LogP contribution is 2.39. The molecule has 0 saturated carbocycles. The fourth-order valence-corrected chi connectivity index (χ4v) is 7.86. The highest BCUT2D eigenvalue weighted by atomic mass is 15.1. The van der Waals surface area contributed by atoms with Gasteiger partial charge in [-0.2, -0.15) is 0 Å². The van der Waals surface area contributed by atoms with Gasteiger partial charge in [-0.05, 0) is 117 Å². The number of para-hydroxylation sites is 2. The zero-order valence-corrected chi connectivity index (χ0v) is 29.7. The highest BCUT2D eigenvalue weighted by molar-refractivity contribution is 6.10. The third-order valence-corrected chi connectivity index (χ3v) is 10.6. The van der Waals surface area contributed by atoms with Crippen LogP contribution in [0.3, 0.4) is 0 Å². The first-order valence-corrected chi connectivity index (χ1v) is 18.5. The van der Waals surface area contributed by atoms with Crippen LogP contribution in [0.25, 0.3) is 71.6 Å². The summed E-state index contributed by atoms with van der Waals surface area (Å²) in [6, 6.07) is 78.8. The van der Waals surface area contributed by atoms with Crippen molar-refractivity contribution in [2.24, 2.45) is 0 Å². The van der Waals surface area contributed by atoms with Crippen molar-refractivity contribution in [3.63, 3.8) is 0 Å². The van der Waals surface area contributed by atoms with Gasteiger partial charge in [0.1, 0.15) is 0 Å². The second-order valence-corrected chi connectivity index (χ2v) is 13.8. The number of rotatable bonds is 7. The molecule has 0 aliphatic heterocycles. The van der Waals surface area contributed by atoms with Crippen LogP contribution in [0.4, 0.5) is 17.1 Å². The molecule has 0 N–H and O–H groups in total. The number of hydrogen-bond acceptors (Lipinski definition) is 1. The molecule has 9 aromatic carbocycles. The van der Waals surface area contributed by atoms with Crippen molar-refractivity contribution in [2.75, 3.05) is 4.90 Å². The van der Waals surface area contributed by atoms with Crippen molar-refractivity contribution in [3.05, 3.63) is 218 Å². The Labute approximate surface area is 315 Å². The lowest BCUT2D eigenvalue weighted by Gasteiger charge is -2.26. The minimum atomic E-state index is 1.11. The Morgan fingerprint density at radius 2 is 0.741 bits per heavy atom. The van der Waals surface area contributed by atoms with Crippen molar-refractivity contribution in [3.8, 4) is 39.1 Å². The standard InChI is InChI=1S/C52H36N2/c1-3-11-37(12-4-1)39-21-28-46(29-22-39)53(45-15-5-2-6-16-45)47-30-23-41(24-31-47)44-27-34-52-50(36-44)49-17-9-10-18-51(49)54(52)48-32-25-40(26-33-48)43-20-19-38-13-7-8-14-42(38)35-43/h1-36H. The lowest BCUT2D eigenvalue weighted by Crippen LogP contribution is -2.09. The number of aromatic nitrogens is 1. The maximum absolute atomic E-state index is 2.39. The Balaban J connectivity index is 0.990. The molecule has 0 amide bonds. The van der Waals surface area contributed by atoms with Crippen LogP contribution in [-0.2, 0) is 0 Å². The molecule has 0 fully saturated rings. The SMILES string of the molecule is c1ccc(-c2ccc(N(c3ccccc3)c3ccc(-c4ccc5c(c4)c4ccccc4n5-c4ccc(-c5ccc6ccccc6c5)cc4)cc3)cc2)cc1. The normalized spacial score (nSPS) is 11.3. The minimum Gasteiger partial charge on any atom is -0.311 e. The topological polar surface area (TPSA) is 8.17 Å². The molecule has 254 valence electrons.